The van der Waals surface area contributed by atoms with E-state index in [1.54, 1.807) is 6.92 Å². The summed E-state index contributed by atoms with van der Waals surface area (Å²) in [6, 6.07) is 7.03. The monoisotopic (exact) mass is 529 g/mol. The number of amides is 1. The lowest BCUT2D eigenvalue weighted by Crippen LogP contribution is -2.46. The summed E-state index contributed by atoms with van der Waals surface area (Å²) in [4.78, 5) is 30.7. The Morgan fingerprint density at radius 2 is 1.89 bits per heavy atom. The molecule has 2 atom stereocenters. The molecule has 0 saturated heterocycles. The Bertz CT molecular complexity index is 1250. The van der Waals surface area contributed by atoms with E-state index in [1.807, 2.05) is 0 Å². The van der Waals surface area contributed by atoms with Gasteiger partial charge in [-0.05, 0) is 48.4 Å². The Balaban J connectivity index is 1.87. The molecule has 3 aromatic rings. The van der Waals surface area contributed by atoms with Gasteiger partial charge in [-0.25, -0.2) is 9.78 Å². The van der Waals surface area contributed by atoms with Gasteiger partial charge in [0.1, 0.15) is 11.0 Å². The van der Waals surface area contributed by atoms with E-state index in [-0.39, 0.29) is 39.3 Å². The van der Waals surface area contributed by atoms with Gasteiger partial charge in [-0.2, -0.15) is 13.2 Å². The number of H-pyrrole nitrogens is 1. The molecule has 1 amide bonds. The second-order valence-corrected chi connectivity index (χ2v) is 8.36. The third kappa shape index (κ3) is 5.44. The standard InChI is InChI=1S/C23H20Cl2F3N3O4/c1-3-35-21(33)14-9-19(30-11-14)31-20(32)13-4-5-16(17(24)8-13)12(2)22(34,23(26,27)28)15-6-7-29-18(25)10-15/h4-12,30,34H,3H2,1-2H3,(H,31,32). The third-order valence-corrected chi connectivity index (χ3v) is 5.93. The number of benzene rings is 1. The van der Waals surface area contributed by atoms with E-state index in [2.05, 4.69) is 15.3 Å². The van der Waals surface area contributed by atoms with Crippen LogP contribution in [0.15, 0.2) is 48.8 Å². The van der Waals surface area contributed by atoms with Crippen molar-refractivity contribution in [3.8, 4) is 0 Å². The first-order valence-electron chi connectivity index (χ1n) is 10.3. The van der Waals surface area contributed by atoms with Crippen molar-refractivity contribution in [3.05, 3.63) is 81.2 Å². The first kappa shape index (κ1) is 26.5. The van der Waals surface area contributed by atoms with Crippen LogP contribution >= 0.6 is 23.2 Å². The predicted molar refractivity (Wildman–Crippen MR) is 124 cm³/mol. The molecule has 0 bridgehead atoms. The molecular formula is C23H20Cl2F3N3O4. The van der Waals surface area contributed by atoms with Crippen molar-refractivity contribution in [2.75, 3.05) is 11.9 Å². The Hall–Kier alpha value is -3.08. The Labute approximate surface area is 208 Å². The van der Waals surface area contributed by atoms with Crippen molar-refractivity contribution >= 4 is 40.9 Å². The summed E-state index contributed by atoms with van der Waals surface area (Å²) in [5.74, 6) is -2.57. The molecule has 186 valence electrons. The van der Waals surface area contributed by atoms with Gasteiger partial charge in [0.2, 0.25) is 0 Å². The Kier molecular flexibility index (Phi) is 7.78. The van der Waals surface area contributed by atoms with Gasteiger partial charge in [0.15, 0.2) is 5.60 Å². The highest BCUT2D eigenvalue weighted by atomic mass is 35.5. The van der Waals surface area contributed by atoms with Gasteiger partial charge in [0.05, 0.1) is 12.2 Å². The molecule has 0 aliphatic carbocycles. The molecule has 0 aliphatic heterocycles. The number of carbonyl (C=O) groups is 2. The zero-order valence-electron chi connectivity index (χ0n) is 18.4. The van der Waals surface area contributed by atoms with Crippen LogP contribution in [0.3, 0.4) is 0 Å². The molecule has 2 aromatic heterocycles. The number of alkyl halides is 3. The van der Waals surface area contributed by atoms with E-state index in [1.165, 1.54) is 37.4 Å². The smallest absolute Gasteiger partial charge is 0.422 e. The van der Waals surface area contributed by atoms with Crippen LogP contribution in [0.1, 0.15) is 51.6 Å². The Morgan fingerprint density at radius 1 is 1.17 bits per heavy atom. The number of aromatic amines is 1. The molecule has 2 unspecified atom stereocenters. The number of halogens is 5. The van der Waals surface area contributed by atoms with Crippen LogP contribution in [0.5, 0.6) is 0 Å². The van der Waals surface area contributed by atoms with Crippen LogP contribution in [0.2, 0.25) is 10.2 Å². The topological polar surface area (TPSA) is 104 Å². The molecule has 0 saturated carbocycles. The highest BCUT2D eigenvalue weighted by Gasteiger charge is 2.59. The van der Waals surface area contributed by atoms with Gasteiger partial charge in [0, 0.05) is 28.9 Å². The van der Waals surface area contributed by atoms with Gasteiger partial charge < -0.3 is 20.1 Å². The second kappa shape index (κ2) is 10.3. The summed E-state index contributed by atoms with van der Waals surface area (Å²) >= 11 is 12.0. The number of hydrogen-bond donors (Lipinski definition) is 3. The zero-order valence-corrected chi connectivity index (χ0v) is 19.9. The molecule has 0 fully saturated rings. The van der Waals surface area contributed by atoms with Crippen LogP contribution in [0.4, 0.5) is 19.0 Å². The average Bonchev–Trinajstić information content (AvgIpc) is 3.26. The van der Waals surface area contributed by atoms with Crippen molar-refractivity contribution in [3.63, 3.8) is 0 Å². The number of aliphatic hydroxyl groups is 1. The van der Waals surface area contributed by atoms with Gasteiger partial charge >= 0.3 is 12.1 Å². The first-order valence-corrected chi connectivity index (χ1v) is 11.0. The van der Waals surface area contributed by atoms with Gasteiger partial charge in [-0.1, -0.05) is 36.2 Å². The number of nitrogens with one attached hydrogen (secondary N) is 2. The minimum absolute atomic E-state index is 0.0413. The van der Waals surface area contributed by atoms with Crippen molar-refractivity contribution in [1.29, 1.82) is 0 Å². The van der Waals surface area contributed by atoms with E-state index in [0.717, 1.165) is 18.3 Å². The maximum absolute atomic E-state index is 14.1. The van der Waals surface area contributed by atoms with Crippen molar-refractivity contribution in [1.82, 2.24) is 9.97 Å². The van der Waals surface area contributed by atoms with E-state index in [4.69, 9.17) is 27.9 Å². The maximum atomic E-state index is 14.1. The van der Waals surface area contributed by atoms with E-state index < -0.39 is 35.1 Å². The van der Waals surface area contributed by atoms with E-state index >= 15 is 0 Å². The lowest BCUT2D eigenvalue weighted by molar-refractivity contribution is -0.274. The number of hydrogen-bond acceptors (Lipinski definition) is 5. The lowest BCUT2D eigenvalue weighted by Gasteiger charge is -2.37. The normalized spacial score (nSPS) is 14.2. The zero-order chi connectivity index (χ0) is 26.0. The molecule has 1 aromatic carbocycles. The number of aromatic nitrogens is 2. The van der Waals surface area contributed by atoms with E-state index in [0.29, 0.717) is 0 Å². The second-order valence-electron chi connectivity index (χ2n) is 7.57. The number of pyridine rings is 1. The molecule has 2 heterocycles. The summed E-state index contributed by atoms with van der Waals surface area (Å²) in [6.07, 6.45) is -2.67. The number of esters is 1. The minimum atomic E-state index is -5.08. The molecule has 3 rings (SSSR count). The molecule has 0 aliphatic rings. The number of carbonyl (C=O) groups excluding carboxylic acids is 2. The number of ether oxygens (including phenoxy) is 1. The maximum Gasteiger partial charge on any atom is 0.422 e. The fraction of sp³-hybridized carbons (Fsp3) is 0.261. The van der Waals surface area contributed by atoms with Crippen LogP contribution in [0.25, 0.3) is 0 Å². The summed E-state index contributed by atoms with van der Waals surface area (Å²) < 4.78 is 47.1. The molecular weight excluding hydrogens is 510 g/mol. The highest BCUT2D eigenvalue weighted by Crippen LogP contribution is 2.50. The molecule has 12 heteroatoms. The third-order valence-electron chi connectivity index (χ3n) is 5.40. The SMILES string of the molecule is CCOC(=O)c1c[nH]c(NC(=O)c2ccc(C(C)C(O)(c3ccnc(Cl)c3)C(F)(F)F)c(Cl)c2)c1. The van der Waals surface area contributed by atoms with Crippen LogP contribution in [-0.4, -0.2) is 39.7 Å². The first-order chi connectivity index (χ1) is 16.4. The molecule has 7 nitrogen and oxygen atoms in total. The van der Waals surface area contributed by atoms with Crippen molar-refractivity contribution in [2.24, 2.45) is 0 Å². The van der Waals surface area contributed by atoms with Crippen LogP contribution < -0.4 is 5.32 Å². The summed E-state index contributed by atoms with van der Waals surface area (Å²) in [6.45, 7) is 3.01. The van der Waals surface area contributed by atoms with Gasteiger partial charge in [-0.3, -0.25) is 4.79 Å². The highest BCUT2D eigenvalue weighted by molar-refractivity contribution is 6.32. The molecule has 0 spiro atoms. The minimum Gasteiger partial charge on any atom is -0.462 e. The quantitative estimate of drug-likeness (QED) is 0.269. The van der Waals surface area contributed by atoms with Crippen LogP contribution in [0, 0.1) is 0 Å². The van der Waals surface area contributed by atoms with Gasteiger partial charge in [-0.15, -0.1) is 0 Å². The average molecular weight is 530 g/mol. The number of nitrogens with zero attached hydrogens (tertiary/aromatic N) is 1. The predicted octanol–water partition coefficient (Wildman–Crippen LogP) is 5.70. The van der Waals surface area contributed by atoms with E-state index in [9.17, 15) is 27.9 Å². The number of anilines is 1. The largest absolute Gasteiger partial charge is 0.462 e. The van der Waals surface area contributed by atoms with Crippen molar-refractivity contribution < 1.29 is 32.6 Å². The summed E-state index contributed by atoms with van der Waals surface area (Å²) in [5, 5.41) is 13.0. The fourth-order valence-electron chi connectivity index (χ4n) is 3.54. The summed E-state index contributed by atoms with van der Waals surface area (Å²) in [7, 11) is 0. The molecule has 3 N–H and O–H groups in total. The Morgan fingerprint density at radius 3 is 2.49 bits per heavy atom. The van der Waals surface area contributed by atoms with Crippen molar-refractivity contribution in [2.45, 2.75) is 31.5 Å². The van der Waals surface area contributed by atoms with Crippen LogP contribution in [-0.2, 0) is 10.3 Å². The molecule has 35 heavy (non-hydrogen) atoms. The number of rotatable bonds is 7. The van der Waals surface area contributed by atoms with Gasteiger partial charge in [0.25, 0.3) is 5.91 Å². The fourth-order valence-corrected chi connectivity index (χ4v) is 4.05. The lowest BCUT2D eigenvalue weighted by atomic mass is 9.78. The molecule has 0 radical (unpaired) electrons. The summed E-state index contributed by atoms with van der Waals surface area (Å²) in [5.41, 5.74) is -3.63.